The molecule has 0 aliphatic carbocycles. The van der Waals surface area contributed by atoms with Crippen LogP contribution in [0.15, 0.2) is 18.2 Å². The van der Waals surface area contributed by atoms with E-state index in [9.17, 15) is 8.78 Å². The average Bonchev–Trinajstić information content (AvgIpc) is 2.31. The van der Waals surface area contributed by atoms with Gasteiger partial charge in [-0.25, -0.2) is 8.78 Å². The van der Waals surface area contributed by atoms with Crippen LogP contribution in [0, 0.1) is 11.6 Å². The van der Waals surface area contributed by atoms with E-state index in [2.05, 4.69) is 5.32 Å². The second-order valence-corrected chi connectivity index (χ2v) is 4.18. The van der Waals surface area contributed by atoms with Crippen molar-refractivity contribution in [2.24, 2.45) is 0 Å². The highest BCUT2D eigenvalue weighted by molar-refractivity contribution is 5.20. The third-order valence-corrected chi connectivity index (χ3v) is 2.90. The van der Waals surface area contributed by atoms with Crippen molar-refractivity contribution < 1.29 is 13.9 Å². The molecule has 0 aliphatic rings. The number of hydrogen-bond donors (Lipinski definition) is 2. The Bertz CT molecular complexity index is 357. The van der Waals surface area contributed by atoms with Crippen molar-refractivity contribution in [2.75, 3.05) is 6.61 Å². The smallest absolute Gasteiger partial charge is 0.159 e. The quantitative estimate of drug-likeness (QED) is 0.805. The third-order valence-electron chi connectivity index (χ3n) is 2.90. The first-order valence-corrected chi connectivity index (χ1v) is 5.90. The molecular formula is C13H19F2NO. The van der Waals surface area contributed by atoms with E-state index >= 15 is 0 Å². The normalized spacial score (nSPS) is 14.6. The van der Waals surface area contributed by atoms with Gasteiger partial charge in [-0.3, -0.25) is 0 Å². The number of hydrogen-bond acceptors (Lipinski definition) is 2. The summed E-state index contributed by atoms with van der Waals surface area (Å²) in [6.45, 7) is 4.04. The zero-order chi connectivity index (χ0) is 12.8. The van der Waals surface area contributed by atoms with Crippen molar-refractivity contribution in [2.45, 2.75) is 38.8 Å². The second kappa shape index (κ2) is 6.67. The van der Waals surface area contributed by atoms with Gasteiger partial charge in [-0.15, -0.1) is 0 Å². The van der Waals surface area contributed by atoms with Crippen LogP contribution in [0.3, 0.4) is 0 Å². The van der Waals surface area contributed by atoms with E-state index in [1.54, 1.807) is 6.07 Å². The highest BCUT2D eigenvalue weighted by Crippen LogP contribution is 2.17. The Morgan fingerprint density at radius 2 is 2.00 bits per heavy atom. The molecule has 2 N–H and O–H groups in total. The highest BCUT2D eigenvalue weighted by atomic mass is 19.2. The molecule has 0 amide bonds. The summed E-state index contributed by atoms with van der Waals surface area (Å²) in [5, 5.41) is 12.2. The van der Waals surface area contributed by atoms with E-state index in [1.807, 2.05) is 13.8 Å². The van der Waals surface area contributed by atoms with Crippen molar-refractivity contribution >= 4 is 0 Å². The van der Waals surface area contributed by atoms with Gasteiger partial charge >= 0.3 is 0 Å². The van der Waals surface area contributed by atoms with Crippen molar-refractivity contribution in [1.82, 2.24) is 5.32 Å². The van der Waals surface area contributed by atoms with E-state index in [4.69, 9.17) is 5.11 Å². The average molecular weight is 243 g/mol. The maximum absolute atomic E-state index is 13.1. The summed E-state index contributed by atoms with van der Waals surface area (Å²) in [5.41, 5.74) is 0.709. The molecule has 0 aromatic heterocycles. The number of rotatable bonds is 6. The van der Waals surface area contributed by atoms with Crippen LogP contribution in [0.25, 0.3) is 0 Å². The maximum Gasteiger partial charge on any atom is 0.159 e. The number of aliphatic hydroxyl groups is 1. The second-order valence-electron chi connectivity index (χ2n) is 4.18. The molecule has 17 heavy (non-hydrogen) atoms. The lowest BCUT2D eigenvalue weighted by molar-refractivity contribution is 0.257. The molecule has 0 fully saturated rings. The first-order chi connectivity index (χ1) is 8.08. The van der Waals surface area contributed by atoms with Gasteiger partial charge in [0.05, 0.1) is 0 Å². The summed E-state index contributed by atoms with van der Waals surface area (Å²) in [6, 6.07) is 4.03. The van der Waals surface area contributed by atoms with Crippen LogP contribution in [0.1, 0.15) is 38.3 Å². The molecule has 1 rings (SSSR count). The van der Waals surface area contributed by atoms with Crippen molar-refractivity contribution in [1.29, 1.82) is 0 Å². The Kier molecular flexibility index (Phi) is 5.51. The molecule has 0 heterocycles. The van der Waals surface area contributed by atoms with Crippen LogP contribution in [0.5, 0.6) is 0 Å². The van der Waals surface area contributed by atoms with Crippen molar-refractivity contribution in [3.8, 4) is 0 Å². The number of benzene rings is 1. The van der Waals surface area contributed by atoms with Crippen LogP contribution in [-0.4, -0.2) is 17.8 Å². The molecule has 0 saturated carbocycles. The fraction of sp³-hybridized carbons (Fsp3) is 0.538. The molecule has 1 aromatic rings. The van der Waals surface area contributed by atoms with Gasteiger partial charge in [0.2, 0.25) is 0 Å². The summed E-state index contributed by atoms with van der Waals surface area (Å²) in [7, 11) is 0. The monoisotopic (exact) mass is 243 g/mol. The largest absolute Gasteiger partial charge is 0.396 e. The summed E-state index contributed by atoms with van der Waals surface area (Å²) >= 11 is 0. The van der Waals surface area contributed by atoms with Crippen molar-refractivity contribution in [3.05, 3.63) is 35.4 Å². The van der Waals surface area contributed by atoms with Gasteiger partial charge < -0.3 is 10.4 Å². The predicted molar refractivity (Wildman–Crippen MR) is 63.7 cm³/mol. The number of halogens is 2. The number of aliphatic hydroxyl groups excluding tert-OH is 1. The molecule has 96 valence electrons. The minimum atomic E-state index is -0.830. The van der Waals surface area contributed by atoms with Crippen LogP contribution >= 0.6 is 0 Å². The predicted octanol–water partition coefficient (Wildman–Crippen LogP) is 2.78. The molecule has 2 atom stereocenters. The lowest BCUT2D eigenvalue weighted by Crippen LogP contribution is -2.31. The van der Waals surface area contributed by atoms with E-state index in [0.717, 1.165) is 12.5 Å². The molecule has 0 saturated heterocycles. The third kappa shape index (κ3) is 4.06. The molecule has 0 bridgehead atoms. The zero-order valence-electron chi connectivity index (χ0n) is 10.2. The first kappa shape index (κ1) is 14.1. The first-order valence-electron chi connectivity index (χ1n) is 5.90. The number of nitrogens with one attached hydrogen (secondary N) is 1. The highest BCUT2D eigenvalue weighted by Gasteiger charge is 2.13. The lowest BCUT2D eigenvalue weighted by Gasteiger charge is -2.22. The van der Waals surface area contributed by atoms with E-state index in [0.29, 0.717) is 12.0 Å². The fourth-order valence-electron chi connectivity index (χ4n) is 1.79. The maximum atomic E-state index is 13.1. The van der Waals surface area contributed by atoms with Gasteiger partial charge in [0.25, 0.3) is 0 Å². The van der Waals surface area contributed by atoms with E-state index in [1.165, 1.54) is 6.07 Å². The molecule has 1 aromatic carbocycles. The molecule has 2 unspecified atom stereocenters. The van der Waals surface area contributed by atoms with Crippen LogP contribution in [0.4, 0.5) is 8.78 Å². The summed E-state index contributed by atoms with van der Waals surface area (Å²) in [6.07, 6.45) is 1.54. The topological polar surface area (TPSA) is 32.3 Å². The van der Waals surface area contributed by atoms with Gasteiger partial charge in [-0.1, -0.05) is 13.0 Å². The molecule has 0 spiro atoms. The minimum absolute atomic E-state index is 0.0680. The van der Waals surface area contributed by atoms with E-state index < -0.39 is 11.6 Å². The van der Waals surface area contributed by atoms with Crippen LogP contribution < -0.4 is 5.32 Å². The van der Waals surface area contributed by atoms with Crippen LogP contribution in [0.2, 0.25) is 0 Å². The van der Waals surface area contributed by atoms with E-state index in [-0.39, 0.29) is 18.7 Å². The molecule has 0 radical (unpaired) electrons. The fourth-order valence-corrected chi connectivity index (χ4v) is 1.79. The molecule has 4 heteroatoms. The zero-order valence-corrected chi connectivity index (χ0v) is 10.2. The SMILES string of the molecule is CCC(CCO)NC(C)c1ccc(F)c(F)c1. The molecule has 0 aliphatic heterocycles. The Morgan fingerprint density at radius 1 is 1.29 bits per heavy atom. The van der Waals surface area contributed by atoms with Crippen molar-refractivity contribution in [3.63, 3.8) is 0 Å². The Balaban J connectivity index is 2.68. The standard InChI is InChI=1S/C13H19F2NO/c1-3-11(6-7-17)16-9(2)10-4-5-12(14)13(15)8-10/h4-5,8-9,11,16-17H,3,6-7H2,1-2H3. The Labute approximate surface area is 101 Å². The molecular weight excluding hydrogens is 224 g/mol. The van der Waals surface area contributed by atoms with Gasteiger partial charge in [-0.05, 0) is 37.5 Å². The van der Waals surface area contributed by atoms with Gasteiger partial charge in [0.1, 0.15) is 0 Å². The summed E-state index contributed by atoms with van der Waals surface area (Å²) in [5.74, 6) is -1.66. The Morgan fingerprint density at radius 3 is 2.53 bits per heavy atom. The van der Waals surface area contributed by atoms with Gasteiger partial charge in [-0.2, -0.15) is 0 Å². The lowest BCUT2D eigenvalue weighted by atomic mass is 10.1. The molecule has 2 nitrogen and oxygen atoms in total. The van der Waals surface area contributed by atoms with Gasteiger partial charge in [0, 0.05) is 18.7 Å². The minimum Gasteiger partial charge on any atom is -0.396 e. The summed E-state index contributed by atoms with van der Waals surface area (Å²) < 4.78 is 25.8. The van der Waals surface area contributed by atoms with Crippen LogP contribution in [-0.2, 0) is 0 Å². The summed E-state index contributed by atoms with van der Waals surface area (Å²) in [4.78, 5) is 0. The van der Waals surface area contributed by atoms with Gasteiger partial charge in [0.15, 0.2) is 11.6 Å². The Hall–Kier alpha value is -1.00.